The number of aromatic nitrogens is 3. The zero-order chi connectivity index (χ0) is 18.4. The summed E-state index contributed by atoms with van der Waals surface area (Å²) in [5.41, 5.74) is 3.18. The van der Waals surface area contributed by atoms with Gasteiger partial charge in [0.2, 0.25) is 0 Å². The number of nitrogens with zero attached hydrogens (tertiary/aromatic N) is 3. The third kappa shape index (κ3) is 3.27. The number of alkyl carbamates (subject to hydrolysis) is 1. The number of carbonyl (C=O) groups is 1. The van der Waals surface area contributed by atoms with Gasteiger partial charge < -0.3 is 10.1 Å². The minimum atomic E-state index is -0.498. The van der Waals surface area contributed by atoms with Crippen LogP contribution in [0, 0.1) is 0 Å². The molecular weight excluding hydrogens is 328 g/mol. The summed E-state index contributed by atoms with van der Waals surface area (Å²) in [6.45, 7) is 5.60. The summed E-state index contributed by atoms with van der Waals surface area (Å²) in [4.78, 5) is 16.5. The predicted molar refractivity (Wildman–Crippen MR) is 98.7 cm³/mol. The molecule has 1 N–H and O–H groups in total. The molecule has 1 fully saturated rings. The second-order valence-corrected chi connectivity index (χ2v) is 7.76. The first-order valence-corrected chi connectivity index (χ1v) is 8.76. The molecule has 0 aliphatic heterocycles. The van der Waals surface area contributed by atoms with Crippen LogP contribution in [0.1, 0.15) is 39.2 Å². The lowest BCUT2D eigenvalue weighted by atomic mass is 10.0. The Morgan fingerprint density at radius 1 is 1.15 bits per heavy atom. The van der Waals surface area contributed by atoms with E-state index >= 15 is 0 Å². The fourth-order valence-electron chi connectivity index (χ4n) is 3.05. The van der Waals surface area contributed by atoms with Crippen LogP contribution < -0.4 is 5.32 Å². The van der Waals surface area contributed by atoms with Crippen LogP contribution >= 0.6 is 0 Å². The van der Waals surface area contributed by atoms with E-state index in [4.69, 9.17) is 4.74 Å². The maximum Gasteiger partial charge on any atom is 0.408 e. The summed E-state index contributed by atoms with van der Waals surface area (Å²) in [5, 5.41) is 7.26. The number of ether oxygens (including phenoxy) is 1. The van der Waals surface area contributed by atoms with E-state index in [-0.39, 0.29) is 11.6 Å². The monoisotopic (exact) mass is 350 g/mol. The van der Waals surface area contributed by atoms with Crippen molar-refractivity contribution in [3.8, 4) is 11.1 Å². The van der Waals surface area contributed by atoms with Crippen LogP contribution in [0.15, 0.2) is 48.9 Å². The van der Waals surface area contributed by atoms with Crippen molar-refractivity contribution in [2.75, 3.05) is 0 Å². The van der Waals surface area contributed by atoms with Crippen LogP contribution in [-0.4, -0.2) is 26.3 Å². The summed E-state index contributed by atoms with van der Waals surface area (Å²) in [7, 11) is 0. The lowest BCUT2D eigenvalue weighted by molar-refractivity contribution is 0.0495. The molecular formula is C20H22N4O2. The quantitative estimate of drug-likeness (QED) is 0.777. The lowest BCUT2D eigenvalue weighted by Gasteiger charge is -2.23. The molecule has 1 amide bonds. The molecule has 26 heavy (non-hydrogen) atoms. The summed E-state index contributed by atoms with van der Waals surface area (Å²) in [6.07, 6.45) is 7.02. The Morgan fingerprint density at radius 2 is 1.88 bits per heavy atom. The van der Waals surface area contributed by atoms with Crippen LogP contribution in [0.5, 0.6) is 0 Å². The molecule has 1 aliphatic carbocycles. The third-order valence-corrected chi connectivity index (χ3v) is 4.51. The molecule has 1 aromatic carbocycles. The molecule has 0 unspecified atom stereocenters. The molecule has 3 aromatic rings. The first-order chi connectivity index (χ1) is 12.3. The van der Waals surface area contributed by atoms with Gasteiger partial charge in [-0.3, -0.25) is 0 Å². The molecule has 0 bridgehead atoms. The van der Waals surface area contributed by atoms with Crippen molar-refractivity contribution in [1.29, 1.82) is 0 Å². The van der Waals surface area contributed by atoms with E-state index in [1.165, 1.54) is 0 Å². The van der Waals surface area contributed by atoms with Crippen molar-refractivity contribution in [3.63, 3.8) is 0 Å². The average molecular weight is 350 g/mol. The zero-order valence-corrected chi connectivity index (χ0v) is 15.2. The Morgan fingerprint density at radius 3 is 2.54 bits per heavy atom. The molecule has 6 heteroatoms. The van der Waals surface area contributed by atoms with Gasteiger partial charge in [-0.2, -0.15) is 5.10 Å². The van der Waals surface area contributed by atoms with E-state index in [0.29, 0.717) is 0 Å². The third-order valence-electron chi connectivity index (χ3n) is 4.51. The highest BCUT2D eigenvalue weighted by Gasteiger charge is 2.46. The fourth-order valence-corrected chi connectivity index (χ4v) is 3.05. The molecule has 0 spiro atoms. The largest absolute Gasteiger partial charge is 0.444 e. The van der Waals surface area contributed by atoms with Gasteiger partial charge in [0.15, 0.2) is 5.65 Å². The summed E-state index contributed by atoms with van der Waals surface area (Å²) in [5.74, 6) is 0. The van der Waals surface area contributed by atoms with Gasteiger partial charge in [0, 0.05) is 24.0 Å². The van der Waals surface area contributed by atoms with E-state index in [9.17, 15) is 4.79 Å². The van der Waals surface area contributed by atoms with Crippen molar-refractivity contribution in [2.24, 2.45) is 0 Å². The molecule has 2 heterocycles. The molecule has 134 valence electrons. The molecule has 6 nitrogen and oxygen atoms in total. The van der Waals surface area contributed by atoms with Crippen molar-refractivity contribution < 1.29 is 9.53 Å². The molecule has 1 aliphatic rings. The lowest BCUT2D eigenvalue weighted by Crippen LogP contribution is -2.39. The number of hydrogen-bond acceptors (Lipinski definition) is 4. The number of amides is 1. The van der Waals surface area contributed by atoms with Crippen LogP contribution in [0.2, 0.25) is 0 Å². The Balaban J connectivity index is 1.53. The number of benzene rings is 1. The summed E-state index contributed by atoms with van der Waals surface area (Å²) in [6, 6.07) is 10.1. The molecule has 0 saturated heterocycles. The molecule has 1 saturated carbocycles. The second-order valence-electron chi connectivity index (χ2n) is 7.76. The van der Waals surface area contributed by atoms with Gasteiger partial charge >= 0.3 is 6.09 Å². The Bertz CT molecular complexity index is 950. The van der Waals surface area contributed by atoms with Gasteiger partial charge in [0.25, 0.3) is 0 Å². The second kappa shape index (κ2) is 5.83. The molecule has 0 atom stereocenters. The summed E-state index contributed by atoms with van der Waals surface area (Å²) < 4.78 is 7.15. The highest BCUT2D eigenvalue weighted by Crippen LogP contribution is 2.46. The topological polar surface area (TPSA) is 68.5 Å². The van der Waals surface area contributed by atoms with Gasteiger partial charge in [-0.25, -0.2) is 14.3 Å². The Kier molecular flexibility index (Phi) is 3.72. The van der Waals surface area contributed by atoms with Crippen LogP contribution in [0.3, 0.4) is 0 Å². The van der Waals surface area contributed by atoms with Crippen LogP contribution in [0.4, 0.5) is 4.79 Å². The smallest absolute Gasteiger partial charge is 0.408 e. The zero-order valence-electron chi connectivity index (χ0n) is 15.2. The first kappa shape index (κ1) is 16.6. The van der Waals surface area contributed by atoms with Crippen molar-refractivity contribution >= 4 is 11.7 Å². The van der Waals surface area contributed by atoms with Crippen molar-refractivity contribution in [1.82, 2.24) is 19.9 Å². The maximum atomic E-state index is 12.1. The molecule has 2 aromatic heterocycles. The number of hydrogen-bond donors (Lipinski definition) is 1. The number of rotatable bonds is 3. The minimum Gasteiger partial charge on any atom is -0.444 e. The van der Waals surface area contributed by atoms with Crippen LogP contribution in [-0.2, 0) is 10.3 Å². The van der Waals surface area contributed by atoms with Crippen molar-refractivity contribution in [3.05, 3.63) is 54.5 Å². The average Bonchev–Trinajstić information content (AvgIpc) is 3.19. The van der Waals surface area contributed by atoms with E-state index in [0.717, 1.165) is 35.2 Å². The first-order valence-electron chi connectivity index (χ1n) is 8.76. The van der Waals surface area contributed by atoms with Gasteiger partial charge in [0.1, 0.15) is 5.60 Å². The highest BCUT2D eigenvalue weighted by molar-refractivity contribution is 5.70. The summed E-state index contributed by atoms with van der Waals surface area (Å²) >= 11 is 0. The van der Waals surface area contributed by atoms with Gasteiger partial charge in [0.05, 0.1) is 11.7 Å². The van der Waals surface area contributed by atoms with Crippen LogP contribution in [0.25, 0.3) is 16.8 Å². The van der Waals surface area contributed by atoms with Gasteiger partial charge in [-0.15, -0.1) is 0 Å². The van der Waals surface area contributed by atoms with E-state index in [1.54, 1.807) is 10.7 Å². The number of fused-ring (bicyclic) bond motifs is 1. The number of carbonyl (C=O) groups excluding carboxylic acids is 1. The van der Waals surface area contributed by atoms with Gasteiger partial charge in [-0.1, -0.05) is 24.3 Å². The molecule has 0 radical (unpaired) electrons. The van der Waals surface area contributed by atoms with Crippen molar-refractivity contribution in [2.45, 2.75) is 44.8 Å². The SMILES string of the molecule is CC(C)(C)OC(=O)NC1(c2ccc(-c3cnc4ccnn4c3)cc2)CC1. The van der Waals surface area contributed by atoms with E-state index < -0.39 is 5.60 Å². The standard InChI is InChI=1S/C20H22N4O2/c1-19(2,3)26-18(25)23-20(9-10-20)16-6-4-14(5-7-16)15-12-21-17-8-11-22-24(17)13-15/h4-8,11-13H,9-10H2,1-3H3,(H,23,25). The maximum absolute atomic E-state index is 12.1. The predicted octanol–water partition coefficient (Wildman–Crippen LogP) is 3.91. The van der Waals surface area contributed by atoms with E-state index in [2.05, 4.69) is 39.7 Å². The normalized spacial score (nSPS) is 15.7. The highest BCUT2D eigenvalue weighted by atomic mass is 16.6. The van der Waals surface area contributed by atoms with Gasteiger partial charge in [-0.05, 0) is 44.7 Å². The fraction of sp³-hybridized carbons (Fsp3) is 0.350. The Hall–Kier alpha value is -2.89. The minimum absolute atomic E-state index is 0.301. The Labute approximate surface area is 152 Å². The number of nitrogens with one attached hydrogen (secondary N) is 1. The van der Waals surface area contributed by atoms with E-state index in [1.807, 2.05) is 39.2 Å². The molecule has 4 rings (SSSR count).